The monoisotopic (exact) mass is 1060 g/mol. The molecule has 8 aromatic rings. The molecule has 0 aromatic heterocycles. The molecule has 0 atom stereocenters. The minimum absolute atomic E-state index is 0.875. The van der Waals surface area contributed by atoms with Crippen LogP contribution in [0.4, 0.5) is 0 Å². The molecule has 3 aliphatic rings. The Bertz CT molecular complexity index is 2460. The highest BCUT2D eigenvalue weighted by Crippen LogP contribution is 2.43. The van der Waals surface area contributed by atoms with Crippen LogP contribution >= 0.6 is 0 Å². The van der Waals surface area contributed by atoms with Gasteiger partial charge in [0.25, 0.3) is 0 Å². The minimum Gasteiger partial charge on any atom is -0.402 e. The molecule has 18 heteroatoms. The van der Waals surface area contributed by atoms with E-state index in [1.165, 1.54) is 0 Å². The Labute approximate surface area is 418 Å². The third-order valence-corrected chi connectivity index (χ3v) is 46.2. The zero-order valence-electron chi connectivity index (χ0n) is 39.2. The summed E-state index contributed by atoms with van der Waals surface area (Å²) in [5.74, 6) is 0. The van der Waals surface area contributed by atoms with Gasteiger partial charge in [0, 0.05) is 0 Å². The van der Waals surface area contributed by atoms with Crippen LogP contribution in [0.25, 0.3) is 0 Å². The normalized spacial score (nSPS) is 21.2. The van der Waals surface area contributed by atoms with Gasteiger partial charge in [-0.15, -0.1) is 0 Å². The average molecular weight is 1060 g/mol. The van der Waals surface area contributed by atoms with Crippen molar-refractivity contribution in [2.24, 2.45) is 0 Å². The standard InChI is InChI=1S/C52H52O10Si8/c1-63(2)53-69(59-65(45-29-13-5-14-30-45,46-31-15-6-16-32-46)57-66(60-69,47-33-17-7-18-34-47)48-35-19-8-20-36-48)55-64(3,4)56-70(54-63)61-67(49-37-21-9-22-38-49,50-39-23-10-24-40-50)58-68(62-70,51-41-25-11-26-42-51)52-43-27-12-28-44-52/h5-44H,1-4H3. The summed E-state index contributed by atoms with van der Waals surface area (Å²) >= 11 is 0. The van der Waals surface area contributed by atoms with Crippen LogP contribution in [0.1, 0.15) is 0 Å². The number of benzene rings is 8. The Balaban J connectivity index is 1.15. The van der Waals surface area contributed by atoms with Crippen molar-refractivity contribution in [2.75, 3.05) is 0 Å². The van der Waals surface area contributed by atoms with Crippen molar-refractivity contribution in [3.05, 3.63) is 243 Å². The molecule has 70 heavy (non-hydrogen) atoms. The minimum atomic E-state index is -4.56. The number of rotatable bonds is 8. The number of hydrogen-bond donors (Lipinski definition) is 0. The Hall–Kier alpha value is -4.90. The van der Waals surface area contributed by atoms with Crippen molar-refractivity contribution in [2.45, 2.75) is 26.2 Å². The largest absolute Gasteiger partial charge is 0.644 e. The van der Waals surface area contributed by atoms with Gasteiger partial charge in [-0.05, 0) is 67.7 Å². The molecule has 3 saturated heterocycles. The Morgan fingerprint density at radius 3 is 0.471 bits per heavy atom. The van der Waals surface area contributed by atoms with Gasteiger partial charge in [0.05, 0.1) is 0 Å². The first-order chi connectivity index (χ1) is 33.9. The second kappa shape index (κ2) is 18.6. The van der Waals surface area contributed by atoms with Crippen molar-refractivity contribution in [1.29, 1.82) is 0 Å². The molecule has 0 bridgehead atoms. The lowest BCUT2D eigenvalue weighted by molar-refractivity contribution is 0.0342. The van der Waals surface area contributed by atoms with Crippen LogP contribution in [0.2, 0.25) is 26.2 Å². The molecule has 352 valence electrons. The van der Waals surface area contributed by atoms with Gasteiger partial charge in [-0.2, -0.15) is 0 Å². The molecule has 0 saturated carbocycles. The quantitative estimate of drug-likeness (QED) is 0.182. The van der Waals surface area contributed by atoms with Crippen LogP contribution in [0, 0.1) is 0 Å². The summed E-state index contributed by atoms with van der Waals surface area (Å²) in [5.41, 5.74) is 0. The number of hydrogen-bond acceptors (Lipinski definition) is 10. The highest BCUT2D eigenvalue weighted by atomic mass is 28.6. The summed E-state index contributed by atoms with van der Waals surface area (Å²) in [6.07, 6.45) is 0. The predicted octanol–water partition coefficient (Wildman–Crippen LogP) is 5.49. The van der Waals surface area contributed by atoms with Crippen LogP contribution < -0.4 is 41.5 Å². The molecule has 3 fully saturated rings. The van der Waals surface area contributed by atoms with E-state index in [2.05, 4.69) is 97.1 Å². The lowest BCUT2D eigenvalue weighted by Crippen LogP contribution is -2.89. The first-order valence-electron chi connectivity index (χ1n) is 23.4. The van der Waals surface area contributed by atoms with E-state index in [1.807, 2.05) is 172 Å². The maximum atomic E-state index is 7.91. The van der Waals surface area contributed by atoms with Crippen molar-refractivity contribution >= 4 is 111 Å². The van der Waals surface area contributed by atoms with E-state index in [9.17, 15) is 0 Å². The van der Waals surface area contributed by atoms with Gasteiger partial charge in [0.1, 0.15) is 0 Å². The summed E-state index contributed by atoms with van der Waals surface area (Å²) in [6.45, 7) is 7.88. The van der Waals surface area contributed by atoms with E-state index >= 15 is 0 Å². The molecule has 8 aromatic carbocycles. The Morgan fingerprint density at radius 2 is 0.329 bits per heavy atom. The lowest BCUT2D eigenvalue weighted by atomic mass is 10.4. The Morgan fingerprint density at radius 1 is 0.186 bits per heavy atom. The molecule has 0 radical (unpaired) electrons. The molecular weight excluding hydrogens is 1010 g/mol. The summed E-state index contributed by atoms with van der Waals surface area (Å²) < 4.78 is 77.8. The fourth-order valence-corrected chi connectivity index (χ4v) is 51.7. The maximum absolute atomic E-state index is 7.91. The highest BCUT2D eigenvalue weighted by molar-refractivity contribution is 7.13. The van der Waals surface area contributed by atoms with Gasteiger partial charge in [0.15, 0.2) is 0 Å². The average Bonchev–Trinajstić information content (AvgIpc) is 3.39. The van der Waals surface area contributed by atoms with Gasteiger partial charge in [-0.3, -0.25) is 0 Å². The molecule has 10 nitrogen and oxygen atoms in total. The highest BCUT2D eigenvalue weighted by Gasteiger charge is 2.77. The van der Waals surface area contributed by atoms with Gasteiger partial charge in [-0.25, -0.2) is 0 Å². The molecule has 0 N–H and O–H groups in total. The summed E-state index contributed by atoms with van der Waals surface area (Å²) in [7, 11) is -32.2. The lowest BCUT2D eigenvalue weighted by Gasteiger charge is -2.57. The predicted molar refractivity (Wildman–Crippen MR) is 289 cm³/mol. The fraction of sp³-hybridized carbons (Fsp3) is 0.0769. The second-order valence-electron chi connectivity index (χ2n) is 18.2. The van der Waals surface area contributed by atoms with Gasteiger partial charge in [0.2, 0.25) is 0 Å². The molecule has 3 heterocycles. The van der Waals surface area contributed by atoms with Crippen LogP contribution in [0.3, 0.4) is 0 Å². The van der Waals surface area contributed by atoms with E-state index in [1.54, 1.807) is 0 Å². The first-order valence-corrected chi connectivity index (χ1v) is 39.5. The third kappa shape index (κ3) is 8.71. The molecule has 0 unspecified atom stereocenters. The van der Waals surface area contributed by atoms with Crippen molar-refractivity contribution in [1.82, 2.24) is 0 Å². The molecule has 2 spiro atoms. The van der Waals surface area contributed by atoms with Crippen LogP contribution in [-0.2, 0) is 41.2 Å². The Kier molecular flexibility index (Phi) is 12.6. The van der Waals surface area contributed by atoms with Gasteiger partial charge in [-0.1, -0.05) is 243 Å². The van der Waals surface area contributed by atoms with E-state index in [0.717, 1.165) is 41.5 Å². The maximum Gasteiger partial charge on any atom is 0.644 e. The van der Waals surface area contributed by atoms with Crippen LogP contribution in [0.5, 0.6) is 0 Å². The van der Waals surface area contributed by atoms with Gasteiger partial charge < -0.3 is 41.2 Å². The smallest absolute Gasteiger partial charge is 0.402 e. The zero-order valence-corrected chi connectivity index (χ0v) is 47.2. The fourth-order valence-electron chi connectivity index (χ4n) is 9.56. The van der Waals surface area contributed by atoms with Crippen molar-refractivity contribution in [3.8, 4) is 0 Å². The summed E-state index contributed by atoms with van der Waals surface area (Å²) in [5, 5.41) is 7.00. The van der Waals surface area contributed by atoms with Crippen LogP contribution in [0.15, 0.2) is 243 Å². The first kappa shape index (κ1) is 47.4. The third-order valence-electron chi connectivity index (χ3n) is 12.4. The molecule has 0 amide bonds. The molecular formula is C52H52O10Si8. The van der Waals surface area contributed by atoms with E-state index in [4.69, 9.17) is 41.2 Å². The van der Waals surface area contributed by atoms with E-state index < -0.39 is 69.5 Å². The molecule has 11 rings (SSSR count). The van der Waals surface area contributed by atoms with E-state index in [-0.39, 0.29) is 0 Å². The molecule has 3 aliphatic heterocycles. The second-order valence-corrected chi connectivity index (χ2v) is 43.5. The van der Waals surface area contributed by atoms with Crippen molar-refractivity contribution in [3.63, 3.8) is 0 Å². The zero-order chi connectivity index (χ0) is 48.0. The topological polar surface area (TPSA) is 92.3 Å². The SMILES string of the molecule is C[Si]1(C)O[Si]2(O[Si](C)(C)O[Si]3(O1)O[Si](c1ccccc1)(c1ccccc1)O[Si](c1ccccc1)(c1ccccc1)O3)O[Si](c1ccccc1)(c1ccccc1)O[Si](c1ccccc1)(c1ccccc1)O2. The summed E-state index contributed by atoms with van der Waals surface area (Å²) in [4.78, 5) is 0. The molecule has 0 aliphatic carbocycles. The van der Waals surface area contributed by atoms with Gasteiger partial charge >= 0.3 is 69.5 Å². The van der Waals surface area contributed by atoms with Crippen LogP contribution in [-0.4, -0.2) is 69.5 Å². The van der Waals surface area contributed by atoms with E-state index in [0.29, 0.717) is 0 Å². The van der Waals surface area contributed by atoms with Crippen molar-refractivity contribution < 1.29 is 41.2 Å². The summed E-state index contributed by atoms with van der Waals surface area (Å²) in [6, 6.07) is 81.4.